The van der Waals surface area contributed by atoms with Crippen LogP contribution in [0, 0.1) is 40.9 Å². The number of hydrogen-bond acceptors (Lipinski definition) is 5. The molecule has 7 nitrogen and oxygen atoms in total. The van der Waals surface area contributed by atoms with Crippen LogP contribution < -0.4 is 5.32 Å². The highest BCUT2D eigenvalue weighted by Crippen LogP contribution is 2.67. The van der Waals surface area contributed by atoms with E-state index in [1.165, 1.54) is 5.57 Å². The van der Waals surface area contributed by atoms with Crippen LogP contribution in [-0.2, 0) is 20.8 Å². The number of carboxylic acid groups (broad SMARTS) is 1. The van der Waals surface area contributed by atoms with Gasteiger partial charge < -0.3 is 20.4 Å². The second-order valence-electron chi connectivity index (χ2n) is 12.5. The summed E-state index contributed by atoms with van der Waals surface area (Å²) in [5, 5.41) is 27.5. The van der Waals surface area contributed by atoms with E-state index >= 15 is 0 Å². The van der Waals surface area contributed by atoms with Gasteiger partial charge in [0.1, 0.15) is 11.6 Å². The maximum Gasteiger partial charge on any atom is 0.326 e. The molecule has 5 rings (SSSR count). The lowest BCUT2D eigenvalue weighted by Crippen LogP contribution is -2.54. The Morgan fingerprint density at radius 2 is 1.87 bits per heavy atom. The summed E-state index contributed by atoms with van der Waals surface area (Å²) in [4.78, 5) is 29.4. The topological polar surface area (TPSA) is 108 Å². The zero-order chi connectivity index (χ0) is 27.8. The number of carboxylic acids is 1. The van der Waals surface area contributed by atoms with Gasteiger partial charge in [-0.05, 0) is 86.2 Å². The fourth-order valence-corrected chi connectivity index (χ4v) is 8.36. The molecule has 1 aromatic rings. The highest BCUT2D eigenvalue weighted by Gasteiger charge is 2.63. The van der Waals surface area contributed by atoms with E-state index < -0.39 is 23.5 Å². The van der Waals surface area contributed by atoms with Crippen molar-refractivity contribution in [3.8, 4) is 12.3 Å². The molecule has 7 atom stereocenters. The molecule has 4 aliphatic carbocycles. The number of allylic oxidation sites excluding steroid dienone is 2. The maximum absolute atomic E-state index is 12.4. The van der Waals surface area contributed by atoms with E-state index in [9.17, 15) is 19.8 Å². The minimum absolute atomic E-state index is 0.101. The van der Waals surface area contributed by atoms with Gasteiger partial charge >= 0.3 is 5.97 Å². The monoisotopic (exact) mass is 532 g/mol. The normalized spacial score (nSPS) is 36.9. The van der Waals surface area contributed by atoms with Gasteiger partial charge in [-0.1, -0.05) is 60.8 Å². The van der Waals surface area contributed by atoms with Crippen LogP contribution in [0.3, 0.4) is 0 Å². The summed E-state index contributed by atoms with van der Waals surface area (Å²) in [6, 6.07) is 8.17. The van der Waals surface area contributed by atoms with Gasteiger partial charge in [-0.15, -0.1) is 6.42 Å². The number of carbonyl (C=O) groups excluding carboxylic acids is 1. The summed E-state index contributed by atoms with van der Waals surface area (Å²) in [6.45, 7) is 4.28. The number of hydrogen-bond donors (Lipinski definition) is 3. The molecular weight excluding hydrogens is 492 g/mol. The van der Waals surface area contributed by atoms with Gasteiger partial charge in [-0.3, -0.25) is 4.79 Å². The van der Waals surface area contributed by atoms with Crippen LogP contribution in [-0.4, -0.2) is 46.1 Å². The van der Waals surface area contributed by atoms with Gasteiger partial charge in [0.05, 0.1) is 5.71 Å². The number of nitrogens with zero attached hydrogens (tertiary/aromatic N) is 1. The van der Waals surface area contributed by atoms with E-state index in [0.29, 0.717) is 24.2 Å². The largest absolute Gasteiger partial charge is 0.480 e. The summed E-state index contributed by atoms with van der Waals surface area (Å²) in [6.07, 6.45) is 15.8. The van der Waals surface area contributed by atoms with Crippen molar-refractivity contribution in [1.82, 2.24) is 5.32 Å². The number of aliphatic carboxylic acids is 1. The average Bonchev–Trinajstić information content (AvgIpc) is 3.20. The minimum atomic E-state index is -1.09. The Balaban J connectivity index is 1.20. The van der Waals surface area contributed by atoms with Gasteiger partial charge in [0.25, 0.3) is 5.91 Å². The van der Waals surface area contributed by atoms with Crippen LogP contribution in [0.15, 0.2) is 47.1 Å². The Morgan fingerprint density at radius 1 is 1.13 bits per heavy atom. The minimum Gasteiger partial charge on any atom is -0.480 e. The van der Waals surface area contributed by atoms with Crippen LogP contribution in [0.2, 0.25) is 0 Å². The Labute approximate surface area is 231 Å². The zero-order valence-electron chi connectivity index (χ0n) is 23.0. The number of aliphatic hydroxyl groups is 1. The number of carbonyl (C=O) groups is 2. The first-order valence-electron chi connectivity index (χ1n) is 14.3. The lowest BCUT2D eigenvalue weighted by atomic mass is 9.46. The second kappa shape index (κ2) is 10.5. The van der Waals surface area contributed by atoms with Crippen LogP contribution in [0.25, 0.3) is 0 Å². The highest BCUT2D eigenvalue weighted by molar-refractivity contribution is 5.96. The summed E-state index contributed by atoms with van der Waals surface area (Å²) < 4.78 is 0. The van der Waals surface area contributed by atoms with Crippen molar-refractivity contribution < 1.29 is 24.6 Å². The molecule has 3 saturated carbocycles. The first kappa shape index (κ1) is 27.5. The van der Waals surface area contributed by atoms with Crippen molar-refractivity contribution in [2.24, 2.45) is 33.7 Å². The molecule has 1 amide bonds. The first-order valence-corrected chi connectivity index (χ1v) is 14.3. The molecule has 0 saturated heterocycles. The molecule has 0 aliphatic heterocycles. The quantitative estimate of drug-likeness (QED) is 0.354. The average molecular weight is 533 g/mol. The Kier molecular flexibility index (Phi) is 7.37. The lowest BCUT2D eigenvalue weighted by Gasteiger charge is -2.58. The van der Waals surface area contributed by atoms with Crippen LogP contribution in [0.4, 0.5) is 0 Å². The SMILES string of the molecule is C#C[C@@]1(O)CC[C@@H]2[C@@H]3CCC4=C/C(=N/OCC(=O)N[C@H](Cc5ccccc5)C(=O)O)CC[C@]4(C)[C@@H]3CC[C@@]21C. The number of nitrogens with one attached hydrogen (secondary N) is 1. The standard InChI is InChI=1S/C32H40N2O5/c1-4-32(38)17-14-26-24-11-10-22-19-23(12-15-30(22,2)25(24)13-16-31(26,32)3)34-39-20-28(35)33-27(29(36)37)18-21-8-6-5-7-9-21/h1,5-9,19,24-27,38H,10-18,20H2,2-3H3,(H,33,35)(H,36,37)/b34-23+/t24-,25-,26-,27-,30+,31+,32-/m1/s1. The van der Waals surface area contributed by atoms with E-state index in [1.54, 1.807) is 0 Å². The smallest absolute Gasteiger partial charge is 0.326 e. The molecule has 0 bridgehead atoms. The van der Waals surface area contributed by atoms with Gasteiger partial charge in [-0.25, -0.2) is 4.79 Å². The van der Waals surface area contributed by atoms with Crippen molar-refractivity contribution in [3.63, 3.8) is 0 Å². The highest BCUT2D eigenvalue weighted by atomic mass is 16.6. The van der Waals surface area contributed by atoms with Gasteiger partial charge in [-0.2, -0.15) is 0 Å². The molecular formula is C32H40N2O5. The molecule has 7 heteroatoms. The summed E-state index contributed by atoms with van der Waals surface area (Å²) in [5.41, 5.74) is 1.99. The molecule has 0 aromatic heterocycles. The second-order valence-corrected chi connectivity index (χ2v) is 12.5. The zero-order valence-corrected chi connectivity index (χ0v) is 23.0. The van der Waals surface area contributed by atoms with Crippen LogP contribution >= 0.6 is 0 Å². The van der Waals surface area contributed by atoms with Crippen LogP contribution in [0.5, 0.6) is 0 Å². The van der Waals surface area contributed by atoms with E-state index in [-0.39, 0.29) is 23.9 Å². The first-order chi connectivity index (χ1) is 18.6. The number of terminal acetylenes is 1. The van der Waals surface area contributed by atoms with Crippen molar-refractivity contribution in [2.75, 3.05) is 6.61 Å². The summed E-state index contributed by atoms with van der Waals surface area (Å²) >= 11 is 0. The van der Waals surface area contributed by atoms with Crippen molar-refractivity contribution in [2.45, 2.75) is 83.3 Å². The number of oxime groups is 1. The third-order valence-corrected chi connectivity index (χ3v) is 10.7. The fourth-order valence-electron chi connectivity index (χ4n) is 8.36. The molecule has 0 spiro atoms. The molecule has 3 fully saturated rings. The predicted octanol–water partition coefficient (Wildman–Crippen LogP) is 4.50. The van der Waals surface area contributed by atoms with Gasteiger partial charge in [0.15, 0.2) is 6.61 Å². The Hall–Kier alpha value is -3.11. The Morgan fingerprint density at radius 3 is 2.59 bits per heavy atom. The fraction of sp³-hybridized carbons (Fsp3) is 0.594. The predicted molar refractivity (Wildman–Crippen MR) is 149 cm³/mol. The van der Waals surface area contributed by atoms with Crippen LogP contribution in [0.1, 0.15) is 70.8 Å². The molecule has 0 radical (unpaired) electrons. The molecule has 208 valence electrons. The van der Waals surface area contributed by atoms with E-state index in [0.717, 1.165) is 56.2 Å². The third-order valence-electron chi connectivity index (χ3n) is 10.7. The molecule has 0 unspecified atom stereocenters. The van der Waals surface area contributed by atoms with E-state index in [1.807, 2.05) is 30.3 Å². The number of rotatable bonds is 7. The van der Waals surface area contributed by atoms with E-state index in [4.69, 9.17) is 11.3 Å². The number of benzene rings is 1. The molecule has 39 heavy (non-hydrogen) atoms. The molecule has 0 heterocycles. The Bertz CT molecular complexity index is 1220. The number of amides is 1. The van der Waals surface area contributed by atoms with Gasteiger partial charge in [0, 0.05) is 11.8 Å². The summed E-state index contributed by atoms with van der Waals surface area (Å²) in [5.74, 6) is 2.77. The van der Waals surface area contributed by atoms with Gasteiger partial charge in [0.2, 0.25) is 0 Å². The molecule has 3 N–H and O–H groups in total. The lowest BCUT2D eigenvalue weighted by molar-refractivity contribution is -0.142. The van der Waals surface area contributed by atoms with Crippen molar-refractivity contribution in [1.29, 1.82) is 0 Å². The maximum atomic E-state index is 12.4. The van der Waals surface area contributed by atoms with E-state index in [2.05, 4.69) is 36.3 Å². The number of fused-ring (bicyclic) bond motifs is 5. The summed E-state index contributed by atoms with van der Waals surface area (Å²) in [7, 11) is 0. The third kappa shape index (κ3) is 4.89. The molecule has 1 aromatic carbocycles. The van der Waals surface area contributed by atoms with Crippen molar-refractivity contribution >= 4 is 17.6 Å². The van der Waals surface area contributed by atoms with Crippen molar-refractivity contribution in [3.05, 3.63) is 47.5 Å². The molecule has 4 aliphatic rings.